The second-order valence-electron chi connectivity index (χ2n) is 7.68. The molecule has 150 valence electrons. The zero-order chi connectivity index (χ0) is 19.7. The van der Waals surface area contributed by atoms with Crippen LogP contribution in [0.1, 0.15) is 49.9 Å². The summed E-state index contributed by atoms with van der Waals surface area (Å²) < 4.78 is 12.3. The van der Waals surface area contributed by atoms with Crippen LogP contribution in [0.3, 0.4) is 0 Å². The van der Waals surface area contributed by atoms with E-state index in [4.69, 9.17) is 14.4 Å². The maximum absolute atomic E-state index is 9.90. The quantitative estimate of drug-likeness (QED) is 0.672. The van der Waals surface area contributed by atoms with Gasteiger partial charge in [0.1, 0.15) is 6.26 Å². The highest BCUT2D eigenvalue weighted by molar-refractivity contribution is 5.82. The highest BCUT2D eigenvalue weighted by Gasteiger charge is 2.26. The molecule has 0 aromatic carbocycles. The van der Waals surface area contributed by atoms with Gasteiger partial charge in [0, 0.05) is 35.9 Å². The standard InChI is InChI=1S/C20H27N5O3/c1-12(10-27-3)22-20-21-9-19-16(17-11-28-24-13(17)2)8-18(25(19)23-20)14-4-6-15(26)7-5-14/h8-9,11-12,14-15,26H,4-7,10H2,1-3H3,(H,22,23)/t12-,14?,15?/m0/s1. The van der Waals surface area contributed by atoms with Crippen LogP contribution in [0.4, 0.5) is 5.95 Å². The summed E-state index contributed by atoms with van der Waals surface area (Å²) in [4.78, 5) is 4.51. The number of aromatic nitrogens is 4. The first-order chi connectivity index (χ1) is 13.6. The second kappa shape index (κ2) is 7.89. The molecule has 0 bridgehead atoms. The Balaban J connectivity index is 1.77. The molecular formula is C20H27N5O3. The van der Waals surface area contributed by atoms with E-state index in [0.717, 1.165) is 53.7 Å². The molecule has 1 fully saturated rings. The van der Waals surface area contributed by atoms with Crippen molar-refractivity contribution < 1.29 is 14.4 Å². The van der Waals surface area contributed by atoms with E-state index in [0.29, 0.717) is 18.5 Å². The molecule has 1 atom stereocenters. The maximum atomic E-state index is 9.90. The van der Waals surface area contributed by atoms with Crippen molar-refractivity contribution in [2.45, 2.75) is 57.6 Å². The highest BCUT2D eigenvalue weighted by Crippen LogP contribution is 2.38. The molecule has 8 nitrogen and oxygen atoms in total. The average Bonchev–Trinajstić information content (AvgIpc) is 3.25. The zero-order valence-corrected chi connectivity index (χ0v) is 16.6. The number of aliphatic hydroxyl groups is 1. The summed E-state index contributed by atoms with van der Waals surface area (Å²) in [7, 11) is 1.68. The van der Waals surface area contributed by atoms with E-state index in [1.165, 1.54) is 0 Å². The van der Waals surface area contributed by atoms with E-state index in [9.17, 15) is 5.11 Å². The van der Waals surface area contributed by atoms with E-state index < -0.39 is 0 Å². The monoisotopic (exact) mass is 385 g/mol. The third-order valence-corrected chi connectivity index (χ3v) is 5.49. The van der Waals surface area contributed by atoms with Crippen molar-refractivity contribution in [2.75, 3.05) is 19.0 Å². The first kappa shape index (κ1) is 18.9. The van der Waals surface area contributed by atoms with Gasteiger partial charge in [-0.3, -0.25) is 0 Å². The molecule has 1 saturated carbocycles. The van der Waals surface area contributed by atoms with Gasteiger partial charge in [-0.15, -0.1) is 5.10 Å². The summed E-state index contributed by atoms with van der Waals surface area (Å²) in [5.74, 6) is 0.919. The number of aliphatic hydroxyl groups excluding tert-OH is 1. The number of nitrogens with one attached hydrogen (secondary N) is 1. The Morgan fingerprint density at radius 2 is 2.11 bits per heavy atom. The molecule has 28 heavy (non-hydrogen) atoms. The molecule has 8 heteroatoms. The van der Waals surface area contributed by atoms with Gasteiger partial charge in [-0.05, 0) is 45.6 Å². The van der Waals surface area contributed by atoms with Gasteiger partial charge in [-0.1, -0.05) is 5.16 Å². The Kier molecular flexibility index (Phi) is 5.32. The lowest BCUT2D eigenvalue weighted by Crippen LogP contribution is -2.23. The van der Waals surface area contributed by atoms with Gasteiger partial charge in [0.05, 0.1) is 30.1 Å². The molecule has 0 saturated heterocycles. The molecular weight excluding hydrogens is 358 g/mol. The van der Waals surface area contributed by atoms with E-state index >= 15 is 0 Å². The molecule has 2 N–H and O–H groups in total. The van der Waals surface area contributed by atoms with Crippen LogP contribution >= 0.6 is 0 Å². The predicted octanol–water partition coefficient (Wildman–Crippen LogP) is 3.16. The molecule has 0 radical (unpaired) electrons. The number of fused-ring (bicyclic) bond motifs is 1. The van der Waals surface area contributed by atoms with E-state index in [1.54, 1.807) is 13.4 Å². The minimum atomic E-state index is -0.191. The number of methoxy groups -OCH3 is 1. The first-order valence-electron chi connectivity index (χ1n) is 9.80. The lowest BCUT2D eigenvalue weighted by Gasteiger charge is -2.25. The van der Waals surface area contributed by atoms with Crippen LogP contribution in [0, 0.1) is 6.92 Å². The normalized spacial score (nSPS) is 21.1. The van der Waals surface area contributed by atoms with Gasteiger partial charge in [0.2, 0.25) is 5.95 Å². The summed E-state index contributed by atoms with van der Waals surface area (Å²) in [5.41, 5.74) is 4.89. The SMILES string of the molecule is COC[C@H](C)Nc1ncc2c(-c3conc3C)cc(C3CCC(O)CC3)n2n1. The van der Waals surface area contributed by atoms with Gasteiger partial charge in [-0.25, -0.2) is 9.50 Å². The number of anilines is 1. The van der Waals surface area contributed by atoms with Crippen LogP contribution in [0.5, 0.6) is 0 Å². The predicted molar refractivity (Wildman–Crippen MR) is 105 cm³/mol. The second-order valence-corrected chi connectivity index (χ2v) is 7.68. The summed E-state index contributed by atoms with van der Waals surface area (Å²) in [5, 5.41) is 22.0. The number of rotatable bonds is 6. The minimum absolute atomic E-state index is 0.103. The maximum Gasteiger partial charge on any atom is 0.241 e. The van der Waals surface area contributed by atoms with E-state index in [-0.39, 0.29) is 12.1 Å². The lowest BCUT2D eigenvalue weighted by molar-refractivity contribution is 0.121. The van der Waals surface area contributed by atoms with E-state index in [2.05, 4.69) is 21.5 Å². The Labute approximate surface area is 163 Å². The summed E-state index contributed by atoms with van der Waals surface area (Å²) in [6, 6.07) is 2.28. The van der Waals surface area contributed by atoms with Crippen molar-refractivity contribution in [2.24, 2.45) is 0 Å². The van der Waals surface area contributed by atoms with Crippen molar-refractivity contribution in [3.8, 4) is 11.1 Å². The largest absolute Gasteiger partial charge is 0.393 e. The van der Waals surface area contributed by atoms with Crippen LogP contribution in [-0.2, 0) is 4.74 Å². The van der Waals surface area contributed by atoms with Crippen LogP contribution < -0.4 is 5.32 Å². The van der Waals surface area contributed by atoms with Gasteiger partial charge >= 0.3 is 0 Å². The Bertz CT molecular complexity index is 943. The molecule has 0 amide bonds. The van der Waals surface area contributed by atoms with Crippen LogP contribution in [0.2, 0.25) is 0 Å². The fourth-order valence-electron chi connectivity index (χ4n) is 4.02. The summed E-state index contributed by atoms with van der Waals surface area (Å²) >= 11 is 0. The average molecular weight is 385 g/mol. The van der Waals surface area contributed by atoms with Gasteiger partial charge < -0.3 is 19.7 Å². The summed E-state index contributed by atoms with van der Waals surface area (Å²) in [6.45, 7) is 4.54. The molecule has 1 aliphatic carbocycles. The third kappa shape index (κ3) is 3.62. The molecule has 3 aromatic heterocycles. The molecule has 0 spiro atoms. The van der Waals surface area contributed by atoms with E-state index in [1.807, 2.05) is 24.6 Å². The minimum Gasteiger partial charge on any atom is -0.393 e. The number of nitrogens with zero attached hydrogens (tertiary/aromatic N) is 4. The van der Waals surface area contributed by atoms with Crippen LogP contribution in [0.15, 0.2) is 23.0 Å². The molecule has 1 aliphatic rings. The van der Waals surface area contributed by atoms with Gasteiger partial charge in [-0.2, -0.15) is 0 Å². The fraction of sp³-hybridized carbons (Fsp3) is 0.550. The number of aryl methyl sites for hydroxylation is 1. The van der Waals surface area contributed by atoms with Gasteiger partial charge in [0.15, 0.2) is 0 Å². The Hall–Kier alpha value is -2.45. The molecule has 3 heterocycles. The van der Waals surface area contributed by atoms with Crippen molar-refractivity contribution >= 4 is 11.5 Å². The third-order valence-electron chi connectivity index (χ3n) is 5.49. The Morgan fingerprint density at radius 1 is 1.32 bits per heavy atom. The first-order valence-corrected chi connectivity index (χ1v) is 9.80. The Morgan fingerprint density at radius 3 is 2.79 bits per heavy atom. The number of ether oxygens (including phenoxy) is 1. The summed E-state index contributed by atoms with van der Waals surface area (Å²) in [6.07, 6.45) is 6.86. The van der Waals surface area contributed by atoms with Gasteiger partial charge in [0.25, 0.3) is 0 Å². The fourth-order valence-corrected chi connectivity index (χ4v) is 4.02. The van der Waals surface area contributed by atoms with Crippen molar-refractivity contribution in [1.82, 2.24) is 19.8 Å². The van der Waals surface area contributed by atoms with Crippen LogP contribution in [0.25, 0.3) is 16.6 Å². The van der Waals surface area contributed by atoms with Crippen LogP contribution in [-0.4, -0.2) is 50.7 Å². The topological polar surface area (TPSA) is 97.7 Å². The number of hydrogen-bond acceptors (Lipinski definition) is 7. The lowest BCUT2D eigenvalue weighted by atomic mass is 9.85. The van der Waals surface area contributed by atoms with Crippen molar-refractivity contribution in [1.29, 1.82) is 0 Å². The smallest absolute Gasteiger partial charge is 0.241 e. The molecule has 0 aliphatic heterocycles. The number of hydrogen-bond donors (Lipinski definition) is 2. The van der Waals surface area contributed by atoms with Crippen molar-refractivity contribution in [3.63, 3.8) is 0 Å². The molecule has 0 unspecified atom stereocenters. The zero-order valence-electron chi connectivity index (χ0n) is 16.6. The van der Waals surface area contributed by atoms with Crippen molar-refractivity contribution in [3.05, 3.63) is 29.9 Å². The highest BCUT2D eigenvalue weighted by atomic mass is 16.5. The molecule has 3 aromatic rings. The molecule has 4 rings (SSSR count).